The predicted octanol–water partition coefficient (Wildman–Crippen LogP) is 2.71. The standard InChI is InChI=1S/C15H23FN2/c1-11-8-14(16)5-4-13(11)10-17-15-6-7-18(3)12(2)9-15/h4-5,8,12,15,17H,6-7,9-10H2,1-3H3. The van der Waals surface area contributed by atoms with Crippen molar-refractivity contribution >= 4 is 0 Å². The quantitative estimate of drug-likeness (QED) is 0.887. The summed E-state index contributed by atoms with van der Waals surface area (Å²) in [6.45, 7) is 6.24. The molecule has 2 atom stereocenters. The summed E-state index contributed by atoms with van der Waals surface area (Å²) in [6, 6.07) is 6.26. The Balaban J connectivity index is 1.88. The van der Waals surface area contributed by atoms with E-state index in [0.29, 0.717) is 12.1 Å². The summed E-state index contributed by atoms with van der Waals surface area (Å²) in [5.74, 6) is -0.149. The third kappa shape index (κ3) is 3.30. The number of rotatable bonds is 3. The van der Waals surface area contributed by atoms with Crippen molar-refractivity contribution in [3.8, 4) is 0 Å². The molecule has 0 bridgehead atoms. The predicted molar refractivity (Wildman–Crippen MR) is 73.1 cm³/mol. The second-order valence-corrected chi connectivity index (χ2v) is 5.50. The Labute approximate surface area is 109 Å². The van der Waals surface area contributed by atoms with E-state index in [2.05, 4.69) is 24.2 Å². The van der Waals surface area contributed by atoms with Crippen LogP contribution in [0, 0.1) is 12.7 Å². The van der Waals surface area contributed by atoms with Crippen LogP contribution in [0.4, 0.5) is 4.39 Å². The molecule has 18 heavy (non-hydrogen) atoms. The molecular weight excluding hydrogens is 227 g/mol. The molecule has 1 heterocycles. The van der Waals surface area contributed by atoms with Crippen molar-refractivity contribution in [3.63, 3.8) is 0 Å². The number of hydrogen-bond donors (Lipinski definition) is 1. The zero-order valence-electron chi connectivity index (χ0n) is 11.5. The van der Waals surface area contributed by atoms with E-state index in [1.54, 1.807) is 12.1 Å². The van der Waals surface area contributed by atoms with Crippen molar-refractivity contribution in [2.75, 3.05) is 13.6 Å². The van der Waals surface area contributed by atoms with Gasteiger partial charge in [-0.25, -0.2) is 4.39 Å². The molecular formula is C15H23FN2. The number of aryl methyl sites for hydroxylation is 1. The lowest BCUT2D eigenvalue weighted by atomic mass is 9.98. The number of halogens is 1. The number of nitrogens with one attached hydrogen (secondary N) is 1. The summed E-state index contributed by atoms with van der Waals surface area (Å²) >= 11 is 0. The second-order valence-electron chi connectivity index (χ2n) is 5.50. The van der Waals surface area contributed by atoms with E-state index < -0.39 is 0 Å². The van der Waals surface area contributed by atoms with Gasteiger partial charge in [0.05, 0.1) is 0 Å². The second kappa shape index (κ2) is 5.81. The van der Waals surface area contributed by atoms with Crippen molar-refractivity contribution < 1.29 is 4.39 Å². The van der Waals surface area contributed by atoms with Crippen LogP contribution in [-0.4, -0.2) is 30.6 Å². The maximum atomic E-state index is 13.0. The van der Waals surface area contributed by atoms with Crippen LogP contribution in [-0.2, 0) is 6.54 Å². The smallest absolute Gasteiger partial charge is 0.123 e. The Morgan fingerprint density at radius 1 is 1.44 bits per heavy atom. The van der Waals surface area contributed by atoms with Crippen LogP contribution in [0.3, 0.4) is 0 Å². The lowest BCUT2D eigenvalue weighted by molar-refractivity contribution is 0.168. The van der Waals surface area contributed by atoms with Gasteiger partial charge in [0, 0.05) is 18.6 Å². The largest absolute Gasteiger partial charge is 0.310 e. The van der Waals surface area contributed by atoms with Crippen LogP contribution in [0.1, 0.15) is 30.9 Å². The number of benzene rings is 1. The van der Waals surface area contributed by atoms with Crippen LogP contribution < -0.4 is 5.32 Å². The van der Waals surface area contributed by atoms with E-state index in [0.717, 1.165) is 18.7 Å². The summed E-state index contributed by atoms with van der Waals surface area (Å²) in [5.41, 5.74) is 2.23. The highest BCUT2D eigenvalue weighted by Crippen LogP contribution is 2.16. The van der Waals surface area contributed by atoms with Gasteiger partial charge in [0.15, 0.2) is 0 Å². The zero-order chi connectivity index (χ0) is 13.1. The fraction of sp³-hybridized carbons (Fsp3) is 0.600. The van der Waals surface area contributed by atoms with Gasteiger partial charge < -0.3 is 10.2 Å². The highest BCUT2D eigenvalue weighted by atomic mass is 19.1. The molecule has 0 spiro atoms. The van der Waals surface area contributed by atoms with Gasteiger partial charge in [-0.05, 0) is 63.5 Å². The first kappa shape index (κ1) is 13.5. The Morgan fingerprint density at radius 3 is 2.89 bits per heavy atom. The van der Waals surface area contributed by atoms with E-state index in [1.807, 2.05) is 13.0 Å². The third-order valence-electron chi connectivity index (χ3n) is 4.09. The molecule has 1 saturated heterocycles. The lowest BCUT2D eigenvalue weighted by Gasteiger charge is -2.35. The Kier molecular flexibility index (Phi) is 4.36. The van der Waals surface area contributed by atoms with Gasteiger partial charge >= 0.3 is 0 Å². The summed E-state index contributed by atoms with van der Waals surface area (Å²) in [5, 5.41) is 3.60. The van der Waals surface area contributed by atoms with Crippen molar-refractivity contribution in [3.05, 3.63) is 35.1 Å². The Morgan fingerprint density at radius 2 is 2.22 bits per heavy atom. The maximum absolute atomic E-state index is 13.0. The van der Waals surface area contributed by atoms with Crippen molar-refractivity contribution in [2.45, 2.75) is 45.3 Å². The van der Waals surface area contributed by atoms with Crippen LogP contribution in [0.25, 0.3) is 0 Å². The normalized spacial score (nSPS) is 25.3. The first-order valence-corrected chi connectivity index (χ1v) is 6.75. The molecule has 0 aliphatic carbocycles. The number of piperidine rings is 1. The van der Waals surface area contributed by atoms with Crippen LogP contribution in [0.15, 0.2) is 18.2 Å². The average molecular weight is 250 g/mol. The third-order valence-corrected chi connectivity index (χ3v) is 4.09. The monoisotopic (exact) mass is 250 g/mol. The molecule has 2 unspecified atom stereocenters. The topological polar surface area (TPSA) is 15.3 Å². The molecule has 1 aromatic carbocycles. The van der Waals surface area contributed by atoms with E-state index >= 15 is 0 Å². The molecule has 2 nitrogen and oxygen atoms in total. The molecule has 1 aliphatic rings. The summed E-state index contributed by atoms with van der Waals surface area (Å²) in [4.78, 5) is 2.40. The number of hydrogen-bond acceptors (Lipinski definition) is 2. The van der Waals surface area contributed by atoms with Gasteiger partial charge in [0.2, 0.25) is 0 Å². The van der Waals surface area contributed by atoms with Gasteiger partial charge in [0.25, 0.3) is 0 Å². The SMILES string of the molecule is Cc1cc(F)ccc1CNC1CCN(C)C(C)C1. The minimum absolute atomic E-state index is 0.149. The van der Waals surface area contributed by atoms with Crippen molar-refractivity contribution in [1.82, 2.24) is 10.2 Å². The Hall–Kier alpha value is -0.930. The summed E-state index contributed by atoms with van der Waals surface area (Å²) in [6.07, 6.45) is 2.39. The van der Waals surface area contributed by atoms with Gasteiger partial charge in [-0.1, -0.05) is 6.07 Å². The van der Waals surface area contributed by atoms with Crippen LogP contribution >= 0.6 is 0 Å². The van der Waals surface area contributed by atoms with Gasteiger partial charge in [-0.3, -0.25) is 0 Å². The molecule has 1 aliphatic heterocycles. The fourth-order valence-corrected chi connectivity index (χ4v) is 2.59. The molecule has 0 amide bonds. The fourth-order valence-electron chi connectivity index (χ4n) is 2.59. The minimum atomic E-state index is -0.149. The van der Waals surface area contributed by atoms with Crippen LogP contribution in [0.2, 0.25) is 0 Å². The summed E-state index contributed by atoms with van der Waals surface area (Å²) < 4.78 is 13.0. The first-order valence-electron chi connectivity index (χ1n) is 6.75. The number of likely N-dealkylation sites (tertiary alicyclic amines) is 1. The molecule has 3 heteroatoms. The highest BCUT2D eigenvalue weighted by molar-refractivity contribution is 5.26. The summed E-state index contributed by atoms with van der Waals surface area (Å²) in [7, 11) is 2.19. The van der Waals surface area contributed by atoms with E-state index in [9.17, 15) is 4.39 Å². The van der Waals surface area contributed by atoms with E-state index in [1.165, 1.54) is 18.4 Å². The zero-order valence-corrected chi connectivity index (χ0v) is 11.5. The van der Waals surface area contributed by atoms with Gasteiger partial charge in [-0.15, -0.1) is 0 Å². The highest BCUT2D eigenvalue weighted by Gasteiger charge is 2.22. The van der Waals surface area contributed by atoms with Gasteiger partial charge in [0.1, 0.15) is 5.82 Å². The minimum Gasteiger partial charge on any atom is -0.310 e. The van der Waals surface area contributed by atoms with Crippen molar-refractivity contribution in [1.29, 1.82) is 0 Å². The Bertz CT molecular complexity index is 405. The number of nitrogens with zero attached hydrogens (tertiary/aromatic N) is 1. The van der Waals surface area contributed by atoms with Gasteiger partial charge in [-0.2, -0.15) is 0 Å². The van der Waals surface area contributed by atoms with Crippen molar-refractivity contribution in [2.24, 2.45) is 0 Å². The molecule has 100 valence electrons. The van der Waals surface area contributed by atoms with E-state index in [4.69, 9.17) is 0 Å². The molecule has 1 N–H and O–H groups in total. The van der Waals surface area contributed by atoms with E-state index in [-0.39, 0.29) is 5.82 Å². The van der Waals surface area contributed by atoms with Crippen LogP contribution in [0.5, 0.6) is 0 Å². The first-order chi connectivity index (χ1) is 8.56. The average Bonchev–Trinajstić information content (AvgIpc) is 2.32. The molecule has 2 rings (SSSR count). The maximum Gasteiger partial charge on any atom is 0.123 e. The molecule has 0 aromatic heterocycles. The molecule has 1 aromatic rings. The lowest BCUT2D eigenvalue weighted by Crippen LogP contribution is -2.45. The molecule has 1 fully saturated rings. The molecule has 0 saturated carbocycles. The molecule has 0 radical (unpaired) electrons.